The summed E-state index contributed by atoms with van der Waals surface area (Å²) >= 11 is 0. The van der Waals surface area contributed by atoms with E-state index in [1.54, 1.807) is 0 Å². The Bertz CT molecular complexity index is 226. The predicted molar refractivity (Wildman–Crippen MR) is 71.3 cm³/mol. The third kappa shape index (κ3) is 3.94. The first-order valence-electron chi connectivity index (χ1n) is 7.18. The van der Waals surface area contributed by atoms with Gasteiger partial charge in [-0.15, -0.1) is 0 Å². The Labute approximate surface area is 106 Å². The molecule has 2 fully saturated rings. The van der Waals surface area contributed by atoms with Crippen LogP contribution in [0.5, 0.6) is 0 Å². The van der Waals surface area contributed by atoms with Gasteiger partial charge in [-0.1, -0.05) is 13.3 Å². The molecule has 1 atom stereocenters. The highest BCUT2D eigenvalue weighted by Gasteiger charge is 2.27. The molecular formula is C14H28N2O. The molecule has 2 aliphatic heterocycles. The summed E-state index contributed by atoms with van der Waals surface area (Å²) in [7, 11) is 2.27. The van der Waals surface area contributed by atoms with Crippen LogP contribution in [0.25, 0.3) is 0 Å². The van der Waals surface area contributed by atoms with Crippen molar-refractivity contribution < 1.29 is 4.74 Å². The maximum atomic E-state index is 5.44. The van der Waals surface area contributed by atoms with Crippen molar-refractivity contribution in [2.45, 2.75) is 45.1 Å². The maximum Gasteiger partial charge on any atom is 0.0471 e. The van der Waals surface area contributed by atoms with Gasteiger partial charge in [0.15, 0.2) is 0 Å². The fourth-order valence-electron chi connectivity index (χ4n) is 2.98. The smallest absolute Gasteiger partial charge is 0.0471 e. The molecule has 1 N–H and O–H groups in total. The molecule has 0 aliphatic carbocycles. The Hall–Kier alpha value is -0.120. The average Bonchev–Trinajstić information content (AvgIpc) is 2.32. The first-order valence-corrected chi connectivity index (χ1v) is 7.18. The van der Waals surface area contributed by atoms with Gasteiger partial charge in [-0.25, -0.2) is 0 Å². The number of likely N-dealkylation sites (tertiary alicyclic amines) is 1. The number of piperidine rings is 1. The summed E-state index contributed by atoms with van der Waals surface area (Å²) in [6.07, 6.45) is 6.56. The molecule has 0 bridgehead atoms. The molecule has 100 valence electrons. The highest BCUT2D eigenvalue weighted by atomic mass is 16.5. The number of hydrogen-bond donors (Lipinski definition) is 1. The molecule has 0 saturated carbocycles. The normalized spacial score (nSPS) is 30.4. The van der Waals surface area contributed by atoms with Crippen LogP contribution in [0.3, 0.4) is 0 Å². The van der Waals surface area contributed by atoms with Gasteiger partial charge in [0.2, 0.25) is 0 Å². The Morgan fingerprint density at radius 2 is 2.06 bits per heavy atom. The van der Waals surface area contributed by atoms with E-state index in [9.17, 15) is 0 Å². The Kier molecular flexibility index (Phi) is 4.83. The third-order valence-corrected chi connectivity index (χ3v) is 4.55. The van der Waals surface area contributed by atoms with Crippen molar-refractivity contribution in [1.29, 1.82) is 0 Å². The molecule has 3 heteroatoms. The molecule has 2 heterocycles. The Morgan fingerprint density at radius 3 is 2.76 bits per heavy atom. The van der Waals surface area contributed by atoms with Gasteiger partial charge in [0, 0.05) is 32.3 Å². The van der Waals surface area contributed by atoms with Crippen molar-refractivity contribution in [3.8, 4) is 0 Å². The van der Waals surface area contributed by atoms with E-state index >= 15 is 0 Å². The van der Waals surface area contributed by atoms with Gasteiger partial charge in [-0.05, 0) is 44.7 Å². The zero-order chi connectivity index (χ0) is 12.1. The summed E-state index contributed by atoms with van der Waals surface area (Å²) in [4.78, 5) is 2.52. The average molecular weight is 240 g/mol. The molecule has 0 amide bonds. The van der Waals surface area contributed by atoms with Gasteiger partial charge in [0.1, 0.15) is 0 Å². The summed E-state index contributed by atoms with van der Waals surface area (Å²) in [5, 5.41) is 3.70. The van der Waals surface area contributed by atoms with E-state index in [1.165, 1.54) is 38.6 Å². The molecule has 0 radical (unpaired) electrons. The van der Waals surface area contributed by atoms with E-state index in [4.69, 9.17) is 4.74 Å². The number of nitrogens with one attached hydrogen (secondary N) is 1. The lowest BCUT2D eigenvalue weighted by molar-refractivity contribution is 0.0231. The summed E-state index contributed by atoms with van der Waals surface area (Å²) in [6.45, 7) is 7.88. The molecule has 0 aromatic rings. The molecular weight excluding hydrogens is 212 g/mol. The van der Waals surface area contributed by atoms with Crippen LogP contribution in [0.4, 0.5) is 0 Å². The fraction of sp³-hybridized carbons (Fsp3) is 1.00. The van der Waals surface area contributed by atoms with Crippen LogP contribution >= 0.6 is 0 Å². The highest BCUT2D eigenvalue weighted by Crippen LogP contribution is 2.28. The highest BCUT2D eigenvalue weighted by molar-refractivity contribution is 4.82. The lowest BCUT2D eigenvalue weighted by Gasteiger charge is -2.36. The molecule has 2 saturated heterocycles. The molecule has 0 aromatic heterocycles. The van der Waals surface area contributed by atoms with E-state index in [-0.39, 0.29) is 0 Å². The van der Waals surface area contributed by atoms with E-state index in [0.29, 0.717) is 5.41 Å². The van der Waals surface area contributed by atoms with Crippen LogP contribution in [0.1, 0.15) is 39.0 Å². The van der Waals surface area contributed by atoms with Gasteiger partial charge in [0.25, 0.3) is 0 Å². The molecule has 1 unspecified atom stereocenters. The standard InChI is InChI=1S/C14H28N2O/c1-14(6-9-17-10-7-14)12-15-11-13-5-3-4-8-16(13)2/h13,15H,3-12H2,1-2H3. The lowest BCUT2D eigenvalue weighted by Crippen LogP contribution is -2.46. The van der Waals surface area contributed by atoms with E-state index in [2.05, 4.69) is 24.2 Å². The van der Waals surface area contributed by atoms with Crippen molar-refractivity contribution in [2.24, 2.45) is 5.41 Å². The van der Waals surface area contributed by atoms with Crippen molar-refractivity contribution in [2.75, 3.05) is 39.9 Å². The minimum Gasteiger partial charge on any atom is -0.381 e. The monoisotopic (exact) mass is 240 g/mol. The van der Waals surface area contributed by atoms with Crippen molar-refractivity contribution >= 4 is 0 Å². The van der Waals surface area contributed by atoms with Gasteiger partial charge < -0.3 is 15.0 Å². The molecule has 2 aliphatic rings. The number of nitrogens with zero attached hydrogens (tertiary/aromatic N) is 1. The Balaban J connectivity index is 1.67. The number of ether oxygens (including phenoxy) is 1. The Morgan fingerprint density at radius 1 is 1.29 bits per heavy atom. The minimum absolute atomic E-state index is 0.464. The summed E-state index contributed by atoms with van der Waals surface area (Å²) in [6, 6.07) is 0.757. The van der Waals surface area contributed by atoms with Crippen molar-refractivity contribution in [1.82, 2.24) is 10.2 Å². The van der Waals surface area contributed by atoms with Gasteiger partial charge in [0.05, 0.1) is 0 Å². The van der Waals surface area contributed by atoms with Crippen LogP contribution in [0, 0.1) is 5.41 Å². The summed E-state index contributed by atoms with van der Waals surface area (Å²) in [5.41, 5.74) is 0.464. The van der Waals surface area contributed by atoms with E-state index in [0.717, 1.165) is 32.3 Å². The van der Waals surface area contributed by atoms with Crippen LogP contribution in [0.2, 0.25) is 0 Å². The zero-order valence-corrected chi connectivity index (χ0v) is 11.5. The quantitative estimate of drug-likeness (QED) is 0.812. The van der Waals surface area contributed by atoms with Crippen molar-refractivity contribution in [3.05, 3.63) is 0 Å². The van der Waals surface area contributed by atoms with Crippen LogP contribution < -0.4 is 5.32 Å². The van der Waals surface area contributed by atoms with Crippen LogP contribution in [0.15, 0.2) is 0 Å². The molecule has 3 nitrogen and oxygen atoms in total. The van der Waals surface area contributed by atoms with Crippen LogP contribution in [-0.2, 0) is 4.74 Å². The molecule has 2 rings (SSSR count). The lowest BCUT2D eigenvalue weighted by atomic mass is 9.82. The number of rotatable bonds is 4. The topological polar surface area (TPSA) is 24.5 Å². The summed E-state index contributed by atoms with van der Waals surface area (Å²) in [5.74, 6) is 0. The fourth-order valence-corrected chi connectivity index (χ4v) is 2.98. The first-order chi connectivity index (χ1) is 8.20. The van der Waals surface area contributed by atoms with Crippen LogP contribution in [-0.4, -0.2) is 50.8 Å². The number of likely N-dealkylation sites (N-methyl/N-ethyl adjacent to an activating group) is 1. The first kappa shape index (κ1) is 13.3. The van der Waals surface area contributed by atoms with E-state index in [1.807, 2.05) is 0 Å². The molecule has 0 aromatic carbocycles. The molecule has 17 heavy (non-hydrogen) atoms. The second-order valence-corrected chi connectivity index (χ2v) is 6.18. The number of hydrogen-bond acceptors (Lipinski definition) is 3. The van der Waals surface area contributed by atoms with Gasteiger partial charge in [-0.2, -0.15) is 0 Å². The maximum absolute atomic E-state index is 5.44. The second kappa shape index (κ2) is 6.17. The molecule has 0 spiro atoms. The predicted octanol–water partition coefficient (Wildman–Crippen LogP) is 1.88. The zero-order valence-electron chi connectivity index (χ0n) is 11.5. The van der Waals surface area contributed by atoms with Crippen molar-refractivity contribution in [3.63, 3.8) is 0 Å². The van der Waals surface area contributed by atoms with Gasteiger partial charge in [-0.3, -0.25) is 0 Å². The minimum atomic E-state index is 0.464. The van der Waals surface area contributed by atoms with Gasteiger partial charge >= 0.3 is 0 Å². The second-order valence-electron chi connectivity index (χ2n) is 6.18. The summed E-state index contributed by atoms with van der Waals surface area (Å²) < 4.78 is 5.44. The SMILES string of the molecule is CN1CCCCC1CNCC1(C)CCOCC1. The largest absolute Gasteiger partial charge is 0.381 e. The third-order valence-electron chi connectivity index (χ3n) is 4.55. The van der Waals surface area contributed by atoms with E-state index < -0.39 is 0 Å².